The number of nitro groups is 1. The van der Waals surface area contributed by atoms with Gasteiger partial charge in [-0.2, -0.15) is 0 Å². The van der Waals surface area contributed by atoms with E-state index >= 15 is 0 Å². The zero-order valence-corrected chi connectivity index (χ0v) is 8.75. The summed E-state index contributed by atoms with van der Waals surface area (Å²) >= 11 is 0. The topological polar surface area (TPSA) is 69.4 Å². The van der Waals surface area contributed by atoms with E-state index in [1.54, 1.807) is 12.1 Å². The van der Waals surface area contributed by atoms with Crippen LogP contribution in [0.4, 0.5) is 5.69 Å². The largest absolute Gasteiger partial charge is 0.469 e. The minimum Gasteiger partial charge on any atom is -0.469 e. The first kappa shape index (κ1) is 10.6. The number of nitrogens with zero attached hydrogens (tertiary/aromatic N) is 1. The van der Waals surface area contributed by atoms with Crippen LogP contribution in [-0.2, 0) is 9.53 Å². The average Bonchev–Trinajstić information content (AvgIpc) is 3.08. The molecule has 0 aromatic heterocycles. The Balaban J connectivity index is 2.07. The number of esters is 1. The van der Waals surface area contributed by atoms with Crippen molar-refractivity contribution in [3.05, 3.63) is 39.9 Å². The molecular weight excluding hydrogens is 210 g/mol. The highest BCUT2D eigenvalue weighted by molar-refractivity contribution is 5.77. The van der Waals surface area contributed by atoms with Gasteiger partial charge in [0, 0.05) is 12.1 Å². The maximum Gasteiger partial charge on any atom is 0.309 e. The number of methoxy groups -OCH3 is 1. The van der Waals surface area contributed by atoms with Crippen molar-refractivity contribution in [1.29, 1.82) is 0 Å². The molecule has 0 radical (unpaired) electrons. The fourth-order valence-electron chi connectivity index (χ4n) is 1.82. The number of rotatable bonds is 3. The third kappa shape index (κ3) is 1.88. The quantitative estimate of drug-likeness (QED) is 0.444. The highest BCUT2D eigenvalue weighted by atomic mass is 16.6. The molecule has 1 aromatic carbocycles. The molecule has 0 bridgehead atoms. The third-order valence-corrected chi connectivity index (χ3v) is 2.83. The van der Waals surface area contributed by atoms with Crippen molar-refractivity contribution < 1.29 is 14.5 Å². The molecule has 1 unspecified atom stereocenters. The Kier molecular flexibility index (Phi) is 2.60. The number of hydrogen-bond acceptors (Lipinski definition) is 4. The lowest BCUT2D eigenvalue weighted by atomic mass is 10.1. The summed E-state index contributed by atoms with van der Waals surface area (Å²) in [4.78, 5) is 21.2. The van der Waals surface area contributed by atoms with E-state index in [1.165, 1.54) is 19.2 Å². The van der Waals surface area contributed by atoms with Crippen LogP contribution in [0.15, 0.2) is 24.3 Å². The Morgan fingerprint density at radius 3 is 2.56 bits per heavy atom. The van der Waals surface area contributed by atoms with Crippen LogP contribution in [0.1, 0.15) is 17.9 Å². The van der Waals surface area contributed by atoms with Crippen LogP contribution in [0, 0.1) is 16.0 Å². The molecule has 1 aromatic rings. The second-order valence-corrected chi connectivity index (χ2v) is 3.82. The normalized spacial score (nSPS) is 22.6. The summed E-state index contributed by atoms with van der Waals surface area (Å²) in [5.74, 6) is -0.122. The fourth-order valence-corrected chi connectivity index (χ4v) is 1.82. The molecule has 1 aliphatic carbocycles. The third-order valence-electron chi connectivity index (χ3n) is 2.83. The second kappa shape index (κ2) is 3.92. The molecule has 2 atom stereocenters. The van der Waals surface area contributed by atoms with E-state index in [2.05, 4.69) is 4.74 Å². The molecule has 0 spiro atoms. The summed E-state index contributed by atoms with van der Waals surface area (Å²) < 4.78 is 4.64. The van der Waals surface area contributed by atoms with Gasteiger partial charge in [-0.25, -0.2) is 0 Å². The summed E-state index contributed by atoms with van der Waals surface area (Å²) in [6.45, 7) is 0. The van der Waals surface area contributed by atoms with Crippen molar-refractivity contribution in [2.75, 3.05) is 7.11 Å². The van der Waals surface area contributed by atoms with Gasteiger partial charge in [-0.15, -0.1) is 0 Å². The number of carbonyl (C=O) groups is 1. The zero-order valence-electron chi connectivity index (χ0n) is 8.75. The van der Waals surface area contributed by atoms with Gasteiger partial charge in [0.05, 0.1) is 18.0 Å². The van der Waals surface area contributed by atoms with E-state index in [9.17, 15) is 14.9 Å². The first-order valence-electron chi connectivity index (χ1n) is 4.95. The Morgan fingerprint density at radius 2 is 2.06 bits per heavy atom. The zero-order chi connectivity index (χ0) is 11.7. The van der Waals surface area contributed by atoms with Crippen LogP contribution in [-0.4, -0.2) is 18.0 Å². The Hall–Kier alpha value is -1.91. The Morgan fingerprint density at radius 1 is 1.44 bits per heavy atom. The molecule has 84 valence electrons. The number of hydrogen-bond donors (Lipinski definition) is 0. The van der Waals surface area contributed by atoms with Crippen LogP contribution in [0.5, 0.6) is 0 Å². The van der Waals surface area contributed by atoms with Gasteiger partial charge < -0.3 is 4.74 Å². The molecule has 0 heterocycles. The summed E-state index contributed by atoms with van der Waals surface area (Å²) in [7, 11) is 1.37. The lowest BCUT2D eigenvalue weighted by Crippen LogP contribution is -2.03. The van der Waals surface area contributed by atoms with Crippen LogP contribution < -0.4 is 0 Å². The Labute approximate surface area is 92.2 Å². The van der Waals surface area contributed by atoms with E-state index < -0.39 is 4.92 Å². The van der Waals surface area contributed by atoms with E-state index in [0.29, 0.717) is 0 Å². The van der Waals surface area contributed by atoms with Crippen LogP contribution in [0.2, 0.25) is 0 Å². The molecule has 1 fully saturated rings. The number of non-ortho nitro benzene ring substituents is 1. The van der Waals surface area contributed by atoms with Crippen molar-refractivity contribution >= 4 is 11.7 Å². The van der Waals surface area contributed by atoms with E-state index in [1.807, 2.05) is 0 Å². The van der Waals surface area contributed by atoms with Gasteiger partial charge >= 0.3 is 5.97 Å². The lowest BCUT2D eigenvalue weighted by Gasteiger charge is -1.99. The predicted octanol–water partition coefficient (Wildman–Crippen LogP) is 1.87. The minimum atomic E-state index is -0.436. The molecule has 1 aliphatic rings. The monoisotopic (exact) mass is 221 g/mol. The van der Waals surface area contributed by atoms with Gasteiger partial charge in [0.25, 0.3) is 5.69 Å². The smallest absolute Gasteiger partial charge is 0.309 e. The van der Waals surface area contributed by atoms with Crippen molar-refractivity contribution in [1.82, 2.24) is 0 Å². The molecule has 0 amide bonds. The van der Waals surface area contributed by atoms with Gasteiger partial charge in [-0.1, -0.05) is 12.1 Å². The van der Waals surface area contributed by atoms with Crippen molar-refractivity contribution in [2.24, 2.45) is 5.92 Å². The van der Waals surface area contributed by atoms with E-state index in [0.717, 1.165) is 12.0 Å². The highest BCUT2D eigenvalue weighted by Gasteiger charge is 2.44. The molecule has 2 rings (SSSR count). The molecule has 1 saturated carbocycles. The molecule has 5 nitrogen and oxygen atoms in total. The summed E-state index contributed by atoms with van der Waals surface area (Å²) in [5.41, 5.74) is 1.03. The first-order valence-corrected chi connectivity index (χ1v) is 4.95. The van der Waals surface area contributed by atoms with Gasteiger partial charge in [0.15, 0.2) is 0 Å². The summed E-state index contributed by atoms with van der Waals surface area (Å²) in [6.07, 6.45) is 0.768. The highest BCUT2D eigenvalue weighted by Crippen LogP contribution is 2.48. The van der Waals surface area contributed by atoms with Gasteiger partial charge in [0.1, 0.15) is 0 Å². The average molecular weight is 221 g/mol. The first-order chi connectivity index (χ1) is 7.63. The molecule has 0 aliphatic heterocycles. The number of benzene rings is 1. The SMILES string of the molecule is COC(=O)[C@@H]1CC1c1ccc([N+](=O)[O-])cc1. The summed E-state index contributed by atoms with van der Waals surface area (Å²) in [5, 5.41) is 10.4. The predicted molar refractivity (Wildman–Crippen MR) is 56.0 cm³/mol. The minimum absolute atomic E-state index is 0.0685. The van der Waals surface area contributed by atoms with Gasteiger partial charge in [-0.05, 0) is 17.9 Å². The molecule has 16 heavy (non-hydrogen) atoms. The molecule has 0 saturated heterocycles. The Bertz CT molecular complexity index is 426. The van der Waals surface area contributed by atoms with Crippen molar-refractivity contribution in [2.45, 2.75) is 12.3 Å². The molecular formula is C11H11NO4. The van der Waals surface area contributed by atoms with Crippen molar-refractivity contribution in [3.8, 4) is 0 Å². The van der Waals surface area contributed by atoms with Gasteiger partial charge in [0.2, 0.25) is 0 Å². The van der Waals surface area contributed by atoms with E-state index in [-0.39, 0.29) is 23.5 Å². The maximum atomic E-state index is 11.2. The number of nitro benzene ring substituents is 1. The number of ether oxygens (including phenoxy) is 1. The van der Waals surface area contributed by atoms with E-state index in [4.69, 9.17) is 0 Å². The number of carbonyl (C=O) groups excluding carboxylic acids is 1. The lowest BCUT2D eigenvalue weighted by molar-refractivity contribution is -0.384. The van der Waals surface area contributed by atoms with Crippen LogP contribution in [0.3, 0.4) is 0 Å². The summed E-state index contributed by atoms with van der Waals surface area (Å²) in [6, 6.07) is 6.32. The van der Waals surface area contributed by atoms with Crippen LogP contribution >= 0.6 is 0 Å². The maximum absolute atomic E-state index is 11.2. The van der Waals surface area contributed by atoms with Gasteiger partial charge in [-0.3, -0.25) is 14.9 Å². The molecule has 0 N–H and O–H groups in total. The standard InChI is InChI=1S/C11H11NO4/c1-16-11(13)10-6-9(10)7-2-4-8(5-3-7)12(14)15/h2-5,9-10H,6H2,1H3/t9?,10-/m1/s1. The van der Waals surface area contributed by atoms with Crippen molar-refractivity contribution in [3.63, 3.8) is 0 Å². The van der Waals surface area contributed by atoms with Crippen LogP contribution in [0.25, 0.3) is 0 Å². The fraction of sp³-hybridized carbons (Fsp3) is 0.364. The molecule has 5 heteroatoms. The second-order valence-electron chi connectivity index (χ2n) is 3.82.